The van der Waals surface area contributed by atoms with Gasteiger partial charge in [0.1, 0.15) is 23.1 Å². The first-order valence-electron chi connectivity index (χ1n) is 11.6. The van der Waals surface area contributed by atoms with E-state index in [1.165, 1.54) is 0 Å². The molecule has 4 atom stereocenters. The second kappa shape index (κ2) is 8.89. The van der Waals surface area contributed by atoms with Crippen molar-refractivity contribution < 1.29 is 17.9 Å². The van der Waals surface area contributed by atoms with Crippen LogP contribution in [0.1, 0.15) is 6.04 Å². The van der Waals surface area contributed by atoms with Crippen LogP contribution in [-0.2, 0) is 19.5 Å². The first-order valence-corrected chi connectivity index (χ1v) is 13.1. The average molecular weight is 508 g/mol. The number of fused-ring (bicyclic) bond motifs is 2. The Hall–Kier alpha value is -3.45. The number of benzene rings is 2. The molecule has 0 radical (unpaired) electrons. The summed E-state index contributed by atoms with van der Waals surface area (Å²) in [5.74, 6) is 0.601. The highest BCUT2D eigenvalue weighted by Gasteiger charge is 2.50. The second-order valence-corrected chi connectivity index (χ2v) is 10.8. The zero-order valence-corrected chi connectivity index (χ0v) is 20.5. The van der Waals surface area contributed by atoms with Crippen LogP contribution < -0.4 is 9.62 Å². The topological polar surface area (TPSA) is 124 Å². The van der Waals surface area contributed by atoms with Crippen molar-refractivity contribution in [2.75, 3.05) is 32.2 Å². The van der Waals surface area contributed by atoms with E-state index in [1.807, 2.05) is 55.4 Å². The zero-order valence-electron chi connectivity index (χ0n) is 19.7. The van der Waals surface area contributed by atoms with E-state index >= 15 is 0 Å². The molecule has 186 valence electrons. The van der Waals surface area contributed by atoms with Gasteiger partial charge in [-0.15, -0.1) is 5.10 Å². The quantitative estimate of drug-likeness (QED) is 0.415. The summed E-state index contributed by atoms with van der Waals surface area (Å²) >= 11 is 0. The van der Waals surface area contributed by atoms with Gasteiger partial charge in [0.05, 0.1) is 24.8 Å². The highest BCUT2D eigenvalue weighted by atomic mass is 32.2. The molecule has 36 heavy (non-hydrogen) atoms. The van der Waals surface area contributed by atoms with Crippen molar-refractivity contribution in [1.29, 1.82) is 0 Å². The lowest BCUT2D eigenvalue weighted by Crippen LogP contribution is -2.44. The smallest absolute Gasteiger partial charge is 0.243 e. The molecule has 2 aromatic heterocycles. The highest BCUT2D eigenvalue weighted by Crippen LogP contribution is 2.36. The van der Waals surface area contributed by atoms with Crippen molar-refractivity contribution in [2.45, 2.75) is 29.2 Å². The van der Waals surface area contributed by atoms with Crippen LogP contribution in [0.3, 0.4) is 0 Å². The van der Waals surface area contributed by atoms with Crippen molar-refractivity contribution in [3.8, 4) is 11.4 Å². The molecule has 6 rings (SSSR count). The Morgan fingerprint density at radius 2 is 1.78 bits per heavy atom. The number of ether oxygens (including phenoxy) is 2. The standard InChI is InChI=1S/C24H25N7O4S/c1-30(2)17-10-8-16(9-11-17)24-26-28-29-31(24)19-14-35-22-18(13-34-23(19)22)27-36(32,33)20-7-3-5-15-6-4-12-25-21(15)20/h3-12,18-19,22-23,27H,13-14H2,1-2H3/t18-,19-,22+,23+/m0/s1. The van der Waals surface area contributed by atoms with Gasteiger partial charge in [-0.3, -0.25) is 4.98 Å². The predicted molar refractivity (Wildman–Crippen MR) is 132 cm³/mol. The van der Waals surface area contributed by atoms with Crippen LogP contribution in [0.2, 0.25) is 0 Å². The number of anilines is 1. The molecule has 1 N–H and O–H groups in total. The van der Waals surface area contributed by atoms with Crippen LogP contribution in [0.15, 0.2) is 65.7 Å². The molecular formula is C24H25N7O4S. The van der Waals surface area contributed by atoms with E-state index in [1.54, 1.807) is 29.1 Å². The monoisotopic (exact) mass is 507 g/mol. The van der Waals surface area contributed by atoms with Crippen LogP contribution >= 0.6 is 0 Å². The van der Waals surface area contributed by atoms with Crippen molar-refractivity contribution in [3.63, 3.8) is 0 Å². The van der Waals surface area contributed by atoms with E-state index < -0.39 is 28.3 Å². The normalized spacial score (nSPS) is 23.7. The SMILES string of the molecule is CN(C)c1ccc(-c2nnnn2[C@H]2CO[C@H]3[C@@H]2OC[C@@H]3NS(=O)(=O)c2cccc3cccnc23)cc1. The molecule has 4 aromatic rings. The Kier molecular flexibility index (Phi) is 5.67. The fraction of sp³-hybridized carbons (Fsp3) is 0.333. The van der Waals surface area contributed by atoms with Gasteiger partial charge in [0.2, 0.25) is 10.0 Å². The molecule has 11 nitrogen and oxygen atoms in total. The van der Waals surface area contributed by atoms with Crippen LogP contribution in [0.5, 0.6) is 0 Å². The molecule has 0 aliphatic carbocycles. The third-order valence-electron chi connectivity index (χ3n) is 6.67. The summed E-state index contributed by atoms with van der Waals surface area (Å²) in [5.41, 5.74) is 2.36. The molecule has 2 aliphatic heterocycles. The molecule has 0 amide bonds. The number of sulfonamides is 1. The zero-order chi connectivity index (χ0) is 24.9. The molecule has 2 saturated heterocycles. The Labute approximate surface area is 208 Å². The van der Waals surface area contributed by atoms with Crippen LogP contribution in [-0.4, -0.2) is 79.2 Å². The lowest BCUT2D eigenvalue weighted by Gasteiger charge is -2.19. The summed E-state index contributed by atoms with van der Waals surface area (Å²) in [4.78, 5) is 6.42. The first-order chi connectivity index (χ1) is 17.4. The Morgan fingerprint density at radius 3 is 2.58 bits per heavy atom. The van der Waals surface area contributed by atoms with Gasteiger partial charge in [-0.2, -0.15) is 0 Å². The van der Waals surface area contributed by atoms with Crippen molar-refractivity contribution in [1.82, 2.24) is 29.9 Å². The maximum absolute atomic E-state index is 13.3. The molecule has 2 aliphatic rings. The lowest BCUT2D eigenvalue weighted by molar-refractivity contribution is 0.0626. The van der Waals surface area contributed by atoms with Crippen LogP contribution in [0.4, 0.5) is 5.69 Å². The maximum Gasteiger partial charge on any atom is 0.243 e. The van der Waals surface area contributed by atoms with Gasteiger partial charge in [-0.1, -0.05) is 18.2 Å². The minimum atomic E-state index is -3.87. The Morgan fingerprint density at radius 1 is 1.00 bits per heavy atom. The second-order valence-electron chi connectivity index (χ2n) is 9.11. The predicted octanol–water partition coefficient (Wildman–Crippen LogP) is 1.64. The number of hydrogen-bond acceptors (Lipinski definition) is 9. The number of para-hydroxylation sites is 1. The fourth-order valence-corrected chi connectivity index (χ4v) is 6.27. The Bertz CT molecular complexity index is 1500. The maximum atomic E-state index is 13.3. The molecular weight excluding hydrogens is 482 g/mol. The Balaban J connectivity index is 1.23. The molecule has 2 aromatic carbocycles. The number of nitrogens with one attached hydrogen (secondary N) is 1. The first kappa shape index (κ1) is 23.0. The molecule has 0 bridgehead atoms. The molecule has 2 fully saturated rings. The third-order valence-corrected chi connectivity index (χ3v) is 8.19. The number of aromatic nitrogens is 5. The van der Waals surface area contributed by atoms with Crippen molar-refractivity contribution >= 4 is 26.6 Å². The average Bonchev–Trinajstić information content (AvgIpc) is 3.61. The largest absolute Gasteiger partial charge is 0.378 e. The van der Waals surface area contributed by atoms with E-state index in [4.69, 9.17) is 9.47 Å². The van der Waals surface area contributed by atoms with Gasteiger partial charge in [0.15, 0.2) is 5.82 Å². The third kappa shape index (κ3) is 3.91. The molecule has 0 saturated carbocycles. The molecule has 4 heterocycles. The number of hydrogen-bond donors (Lipinski definition) is 1. The van der Waals surface area contributed by atoms with Crippen LogP contribution in [0.25, 0.3) is 22.3 Å². The molecule has 0 unspecified atom stereocenters. The van der Waals surface area contributed by atoms with Gasteiger partial charge >= 0.3 is 0 Å². The summed E-state index contributed by atoms with van der Waals surface area (Å²) in [6.45, 7) is 0.482. The number of pyridine rings is 1. The van der Waals surface area contributed by atoms with Gasteiger partial charge in [-0.25, -0.2) is 17.8 Å². The van der Waals surface area contributed by atoms with E-state index in [9.17, 15) is 8.42 Å². The summed E-state index contributed by atoms with van der Waals surface area (Å²) in [6, 6.07) is 15.8. The van der Waals surface area contributed by atoms with Gasteiger partial charge in [0.25, 0.3) is 0 Å². The number of rotatable bonds is 6. The summed E-state index contributed by atoms with van der Waals surface area (Å²) in [5, 5.41) is 13.1. The van der Waals surface area contributed by atoms with E-state index in [2.05, 4.69) is 25.2 Å². The van der Waals surface area contributed by atoms with E-state index in [0.717, 1.165) is 16.6 Å². The minimum Gasteiger partial charge on any atom is -0.378 e. The lowest BCUT2D eigenvalue weighted by atomic mass is 10.1. The molecule has 12 heteroatoms. The minimum absolute atomic E-state index is 0.127. The summed E-state index contributed by atoms with van der Waals surface area (Å²) in [7, 11) is 0.0940. The van der Waals surface area contributed by atoms with Crippen LogP contribution in [0, 0.1) is 0 Å². The van der Waals surface area contributed by atoms with Crippen molar-refractivity contribution in [2.24, 2.45) is 0 Å². The number of tetrazole rings is 1. The van der Waals surface area contributed by atoms with Gasteiger partial charge in [-0.05, 0) is 46.8 Å². The fourth-order valence-electron chi connectivity index (χ4n) is 4.86. The summed E-state index contributed by atoms with van der Waals surface area (Å²) in [6.07, 6.45) is 0.714. The van der Waals surface area contributed by atoms with Gasteiger partial charge in [0, 0.05) is 36.9 Å². The highest BCUT2D eigenvalue weighted by molar-refractivity contribution is 7.89. The molecule has 0 spiro atoms. The van der Waals surface area contributed by atoms with Crippen molar-refractivity contribution in [3.05, 3.63) is 60.8 Å². The van der Waals surface area contributed by atoms with Gasteiger partial charge < -0.3 is 14.4 Å². The van der Waals surface area contributed by atoms with E-state index in [0.29, 0.717) is 17.9 Å². The van der Waals surface area contributed by atoms with E-state index in [-0.39, 0.29) is 17.5 Å². The number of nitrogens with zero attached hydrogens (tertiary/aromatic N) is 6. The summed E-state index contributed by atoms with van der Waals surface area (Å²) < 4.78 is 43.2.